The van der Waals surface area contributed by atoms with Gasteiger partial charge >= 0.3 is 0 Å². The standard InChI is InChI=1S/C16H15Cl2N5O/c1-2-19-16(24)8-21-15-6-14(12(18)7-20-15)23-9-10-5-11(17)3-4-13(10)22-23/h3-7,9H,2,8H2,1H3,(H,19,24)(H,20,21). The molecule has 2 aromatic heterocycles. The summed E-state index contributed by atoms with van der Waals surface area (Å²) in [6.07, 6.45) is 3.37. The Hall–Kier alpha value is -2.31. The number of aromatic nitrogens is 3. The molecule has 3 aromatic rings. The Bertz CT molecular complexity index is 893. The molecule has 3 rings (SSSR count). The fourth-order valence-corrected chi connectivity index (χ4v) is 2.62. The van der Waals surface area contributed by atoms with E-state index in [1.165, 1.54) is 6.20 Å². The summed E-state index contributed by atoms with van der Waals surface area (Å²) >= 11 is 12.3. The SMILES string of the molecule is CCNC(=O)CNc1cc(-n2cc3cc(Cl)ccc3n2)c(Cl)cn1. The van der Waals surface area contributed by atoms with Crippen molar-refractivity contribution in [1.82, 2.24) is 20.1 Å². The van der Waals surface area contributed by atoms with Gasteiger partial charge in [0.05, 0.1) is 29.0 Å². The zero-order valence-electron chi connectivity index (χ0n) is 12.9. The largest absolute Gasteiger partial charge is 0.361 e. The quantitative estimate of drug-likeness (QED) is 0.729. The first-order valence-electron chi connectivity index (χ1n) is 7.38. The highest BCUT2D eigenvalue weighted by atomic mass is 35.5. The van der Waals surface area contributed by atoms with Crippen molar-refractivity contribution in [3.8, 4) is 5.69 Å². The molecule has 0 aliphatic heterocycles. The Kier molecular flexibility index (Phi) is 4.87. The van der Waals surface area contributed by atoms with E-state index in [2.05, 4.69) is 20.7 Å². The van der Waals surface area contributed by atoms with Gasteiger partial charge in [-0.15, -0.1) is 0 Å². The van der Waals surface area contributed by atoms with E-state index in [0.29, 0.717) is 28.1 Å². The van der Waals surface area contributed by atoms with Gasteiger partial charge in [0.25, 0.3) is 0 Å². The molecule has 1 aromatic carbocycles. The predicted molar refractivity (Wildman–Crippen MR) is 96.1 cm³/mol. The van der Waals surface area contributed by atoms with Crippen LogP contribution in [0.4, 0.5) is 5.82 Å². The lowest BCUT2D eigenvalue weighted by Gasteiger charge is -2.09. The lowest BCUT2D eigenvalue weighted by atomic mass is 10.3. The molecule has 0 saturated carbocycles. The minimum Gasteiger partial charge on any atom is -0.361 e. The number of likely N-dealkylation sites (N-methyl/N-ethyl adjacent to an activating group) is 1. The molecule has 0 unspecified atom stereocenters. The zero-order chi connectivity index (χ0) is 17.1. The summed E-state index contributed by atoms with van der Waals surface area (Å²) in [5, 5.41) is 12.2. The lowest BCUT2D eigenvalue weighted by molar-refractivity contribution is -0.119. The monoisotopic (exact) mass is 363 g/mol. The number of nitrogens with one attached hydrogen (secondary N) is 2. The van der Waals surface area contributed by atoms with Gasteiger partial charge in [-0.1, -0.05) is 23.2 Å². The molecule has 0 fully saturated rings. The van der Waals surface area contributed by atoms with Crippen molar-refractivity contribution in [3.63, 3.8) is 0 Å². The molecule has 2 N–H and O–H groups in total. The second kappa shape index (κ2) is 7.07. The zero-order valence-corrected chi connectivity index (χ0v) is 14.4. The first kappa shape index (κ1) is 16.5. The van der Waals surface area contributed by atoms with E-state index in [4.69, 9.17) is 23.2 Å². The van der Waals surface area contributed by atoms with E-state index in [-0.39, 0.29) is 12.5 Å². The number of carbonyl (C=O) groups is 1. The van der Waals surface area contributed by atoms with E-state index >= 15 is 0 Å². The summed E-state index contributed by atoms with van der Waals surface area (Å²) in [4.78, 5) is 15.7. The number of anilines is 1. The summed E-state index contributed by atoms with van der Waals surface area (Å²) in [6, 6.07) is 7.21. The number of nitrogens with zero attached hydrogens (tertiary/aromatic N) is 3. The summed E-state index contributed by atoms with van der Waals surface area (Å²) < 4.78 is 1.67. The highest BCUT2D eigenvalue weighted by Crippen LogP contribution is 2.25. The van der Waals surface area contributed by atoms with Gasteiger partial charge in [0, 0.05) is 29.2 Å². The second-order valence-corrected chi connectivity index (χ2v) is 5.95. The Balaban J connectivity index is 1.88. The molecule has 0 aliphatic carbocycles. The van der Waals surface area contributed by atoms with Crippen molar-refractivity contribution >= 4 is 45.8 Å². The molecule has 24 heavy (non-hydrogen) atoms. The first-order valence-corrected chi connectivity index (χ1v) is 8.14. The third-order valence-corrected chi connectivity index (χ3v) is 3.88. The third kappa shape index (κ3) is 3.60. The summed E-state index contributed by atoms with van der Waals surface area (Å²) in [5.41, 5.74) is 1.47. The van der Waals surface area contributed by atoms with Gasteiger partial charge in [0.15, 0.2) is 0 Å². The number of hydrogen-bond acceptors (Lipinski definition) is 4. The van der Waals surface area contributed by atoms with Gasteiger partial charge < -0.3 is 10.6 Å². The van der Waals surface area contributed by atoms with Crippen molar-refractivity contribution < 1.29 is 4.79 Å². The Morgan fingerprint density at radius 1 is 1.29 bits per heavy atom. The maximum absolute atomic E-state index is 11.5. The van der Waals surface area contributed by atoms with E-state index in [1.54, 1.807) is 16.8 Å². The van der Waals surface area contributed by atoms with Crippen molar-refractivity contribution in [3.05, 3.63) is 46.7 Å². The van der Waals surface area contributed by atoms with Crippen molar-refractivity contribution in [2.75, 3.05) is 18.4 Å². The van der Waals surface area contributed by atoms with Gasteiger partial charge in [-0.05, 0) is 25.1 Å². The van der Waals surface area contributed by atoms with Crippen LogP contribution in [0.3, 0.4) is 0 Å². The highest BCUT2D eigenvalue weighted by molar-refractivity contribution is 6.32. The summed E-state index contributed by atoms with van der Waals surface area (Å²) in [6.45, 7) is 2.59. The molecule has 0 radical (unpaired) electrons. The molecule has 0 spiro atoms. The number of pyridine rings is 1. The van der Waals surface area contributed by atoms with Crippen LogP contribution in [-0.4, -0.2) is 33.8 Å². The van der Waals surface area contributed by atoms with Gasteiger partial charge in [-0.2, -0.15) is 5.10 Å². The topological polar surface area (TPSA) is 71.8 Å². The molecule has 124 valence electrons. The average molecular weight is 364 g/mol. The van der Waals surface area contributed by atoms with Crippen LogP contribution in [0, 0.1) is 0 Å². The number of hydrogen-bond donors (Lipinski definition) is 2. The van der Waals surface area contributed by atoms with Gasteiger partial charge in [0.1, 0.15) is 5.82 Å². The molecule has 8 heteroatoms. The minimum atomic E-state index is -0.102. The number of fused-ring (bicyclic) bond motifs is 1. The predicted octanol–water partition coefficient (Wildman–Crippen LogP) is 3.28. The lowest BCUT2D eigenvalue weighted by Crippen LogP contribution is -2.29. The molecular formula is C16H15Cl2N5O. The fourth-order valence-electron chi connectivity index (χ4n) is 2.25. The van der Waals surface area contributed by atoms with Crippen LogP contribution in [-0.2, 0) is 4.79 Å². The number of carbonyl (C=O) groups excluding carboxylic acids is 1. The number of amides is 1. The van der Waals surface area contributed by atoms with Crippen LogP contribution >= 0.6 is 23.2 Å². The number of halogens is 2. The first-order chi connectivity index (χ1) is 11.6. The Morgan fingerprint density at radius 2 is 2.12 bits per heavy atom. The van der Waals surface area contributed by atoms with Gasteiger partial charge in [-0.3, -0.25) is 4.79 Å². The molecule has 0 aliphatic rings. The van der Waals surface area contributed by atoms with E-state index in [0.717, 1.165) is 10.9 Å². The Labute approximate surface area is 148 Å². The molecule has 0 bridgehead atoms. The van der Waals surface area contributed by atoms with E-state index < -0.39 is 0 Å². The van der Waals surface area contributed by atoms with Crippen LogP contribution in [0.5, 0.6) is 0 Å². The summed E-state index contributed by atoms with van der Waals surface area (Å²) in [7, 11) is 0. The normalized spacial score (nSPS) is 10.8. The molecule has 0 saturated heterocycles. The van der Waals surface area contributed by atoms with Crippen molar-refractivity contribution in [2.45, 2.75) is 6.92 Å². The maximum Gasteiger partial charge on any atom is 0.239 e. The smallest absolute Gasteiger partial charge is 0.239 e. The van der Waals surface area contributed by atoms with E-state index in [9.17, 15) is 4.79 Å². The second-order valence-electron chi connectivity index (χ2n) is 5.10. The van der Waals surface area contributed by atoms with Crippen LogP contribution in [0.25, 0.3) is 16.6 Å². The minimum absolute atomic E-state index is 0.102. The summed E-state index contributed by atoms with van der Waals surface area (Å²) in [5.74, 6) is 0.438. The van der Waals surface area contributed by atoms with Crippen LogP contribution in [0.2, 0.25) is 10.0 Å². The highest BCUT2D eigenvalue weighted by Gasteiger charge is 2.10. The number of benzene rings is 1. The van der Waals surface area contributed by atoms with E-state index in [1.807, 2.05) is 25.3 Å². The third-order valence-electron chi connectivity index (χ3n) is 3.35. The van der Waals surface area contributed by atoms with Crippen LogP contribution < -0.4 is 10.6 Å². The maximum atomic E-state index is 11.5. The molecule has 6 nitrogen and oxygen atoms in total. The van der Waals surface area contributed by atoms with Gasteiger partial charge in [-0.25, -0.2) is 9.67 Å². The van der Waals surface area contributed by atoms with Crippen LogP contribution in [0.1, 0.15) is 6.92 Å². The molecule has 2 heterocycles. The van der Waals surface area contributed by atoms with Crippen LogP contribution in [0.15, 0.2) is 36.7 Å². The number of rotatable bonds is 5. The molecule has 0 atom stereocenters. The van der Waals surface area contributed by atoms with Crippen molar-refractivity contribution in [2.24, 2.45) is 0 Å². The van der Waals surface area contributed by atoms with Gasteiger partial charge in [0.2, 0.25) is 5.91 Å². The molecule has 1 amide bonds. The fraction of sp³-hybridized carbons (Fsp3) is 0.188. The molecular weight excluding hydrogens is 349 g/mol. The van der Waals surface area contributed by atoms with Crippen molar-refractivity contribution in [1.29, 1.82) is 0 Å². The Morgan fingerprint density at radius 3 is 2.92 bits per heavy atom. The average Bonchev–Trinajstić information content (AvgIpc) is 2.97.